The van der Waals surface area contributed by atoms with Crippen LogP contribution in [-0.4, -0.2) is 29.9 Å². The van der Waals surface area contributed by atoms with Gasteiger partial charge in [0.2, 0.25) is 0 Å². The van der Waals surface area contributed by atoms with Crippen molar-refractivity contribution in [1.29, 1.82) is 0 Å². The molecule has 0 fully saturated rings. The average Bonchev–Trinajstić information content (AvgIpc) is 3.02. The van der Waals surface area contributed by atoms with Gasteiger partial charge in [-0.25, -0.2) is 4.79 Å². The molecule has 0 aromatic heterocycles. The molecular weight excluding hydrogens is 374 g/mol. The van der Waals surface area contributed by atoms with Crippen LogP contribution in [0.5, 0.6) is 0 Å². The van der Waals surface area contributed by atoms with Gasteiger partial charge in [0.1, 0.15) is 0 Å². The van der Waals surface area contributed by atoms with E-state index in [0.29, 0.717) is 16.1 Å². The standard InChI is InChI=1S/C23H26ClNO3/c1-13(2)25(22(26)17-8-6-14(3)10-20(17)24)21-9-7-16-11-15(4)18(12-19(16)21)23(27)28-5/h6,8,10-13,21H,7,9H2,1-5H3. The fraction of sp³-hybridized carbons (Fsp3) is 0.391. The zero-order chi connectivity index (χ0) is 20.6. The first-order chi connectivity index (χ1) is 13.2. The van der Waals surface area contributed by atoms with Gasteiger partial charge in [-0.3, -0.25) is 4.79 Å². The molecule has 0 aliphatic heterocycles. The van der Waals surface area contributed by atoms with E-state index in [2.05, 4.69) is 0 Å². The lowest BCUT2D eigenvalue weighted by molar-refractivity contribution is 0.0599. The summed E-state index contributed by atoms with van der Waals surface area (Å²) in [5, 5.41) is 0.466. The summed E-state index contributed by atoms with van der Waals surface area (Å²) in [5.74, 6) is -0.437. The quantitative estimate of drug-likeness (QED) is 0.657. The van der Waals surface area contributed by atoms with Crippen LogP contribution >= 0.6 is 11.6 Å². The number of carbonyl (C=O) groups excluding carboxylic acids is 2. The molecule has 0 saturated heterocycles. The largest absolute Gasteiger partial charge is 0.465 e. The molecule has 3 rings (SSSR count). The molecule has 0 bridgehead atoms. The number of methoxy groups -OCH3 is 1. The first-order valence-electron chi connectivity index (χ1n) is 9.55. The maximum absolute atomic E-state index is 13.4. The molecule has 1 unspecified atom stereocenters. The Morgan fingerprint density at radius 1 is 1.14 bits per heavy atom. The van der Waals surface area contributed by atoms with Gasteiger partial charge in [-0.1, -0.05) is 23.7 Å². The van der Waals surface area contributed by atoms with Gasteiger partial charge in [0.25, 0.3) is 5.91 Å². The summed E-state index contributed by atoms with van der Waals surface area (Å²) in [6.07, 6.45) is 1.70. The van der Waals surface area contributed by atoms with Gasteiger partial charge in [-0.15, -0.1) is 0 Å². The van der Waals surface area contributed by atoms with Crippen molar-refractivity contribution in [1.82, 2.24) is 4.90 Å². The van der Waals surface area contributed by atoms with Crippen molar-refractivity contribution in [3.63, 3.8) is 0 Å². The number of esters is 1. The second-order valence-electron chi connectivity index (χ2n) is 7.70. The predicted molar refractivity (Wildman–Crippen MR) is 111 cm³/mol. The summed E-state index contributed by atoms with van der Waals surface area (Å²) in [6, 6.07) is 9.35. The van der Waals surface area contributed by atoms with Crippen molar-refractivity contribution in [3.05, 3.63) is 68.7 Å². The van der Waals surface area contributed by atoms with Crippen molar-refractivity contribution in [2.75, 3.05) is 7.11 Å². The SMILES string of the molecule is COC(=O)c1cc2c(cc1C)CCC2N(C(=O)c1ccc(C)cc1Cl)C(C)C. The highest BCUT2D eigenvalue weighted by Crippen LogP contribution is 2.39. The van der Waals surface area contributed by atoms with Crippen molar-refractivity contribution in [2.24, 2.45) is 0 Å². The Balaban J connectivity index is 2.04. The summed E-state index contributed by atoms with van der Waals surface area (Å²) < 4.78 is 4.93. The molecule has 2 aromatic rings. The first-order valence-corrected chi connectivity index (χ1v) is 9.93. The van der Waals surface area contributed by atoms with E-state index in [4.69, 9.17) is 16.3 Å². The third-order valence-corrected chi connectivity index (χ3v) is 5.73. The number of amides is 1. The predicted octanol–water partition coefficient (Wildman–Crippen LogP) is 5.28. The molecule has 28 heavy (non-hydrogen) atoms. The molecule has 4 nitrogen and oxygen atoms in total. The van der Waals surface area contributed by atoms with Crippen LogP contribution in [0.2, 0.25) is 5.02 Å². The Morgan fingerprint density at radius 3 is 2.46 bits per heavy atom. The number of aryl methyl sites for hydroxylation is 3. The van der Waals surface area contributed by atoms with Crippen LogP contribution in [0.1, 0.15) is 69.3 Å². The van der Waals surface area contributed by atoms with Crippen LogP contribution in [0.4, 0.5) is 0 Å². The number of ether oxygens (including phenoxy) is 1. The van der Waals surface area contributed by atoms with Gasteiger partial charge in [0, 0.05) is 6.04 Å². The fourth-order valence-electron chi connectivity index (χ4n) is 4.05. The van der Waals surface area contributed by atoms with Crippen molar-refractivity contribution < 1.29 is 14.3 Å². The number of fused-ring (bicyclic) bond motifs is 1. The minimum Gasteiger partial charge on any atom is -0.465 e. The van der Waals surface area contributed by atoms with Gasteiger partial charge >= 0.3 is 5.97 Å². The number of rotatable bonds is 4. The Hall–Kier alpha value is -2.33. The van der Waals surface area contributed by atoms with Crippen LogP contribution in [0, 0.1) is 13.8 Å². The van der Waals surface area contributed by atoms with E-state index in [0.717, 1.165) is 29.5 Å². The topological polar surface area (TPSA) is 46.6 Å². The highest BCUT2D eigenvalue weighted by atomic mass is 35.5. The van der Waals surface area contributed by atoms with Gasteiger partial charge in [0.05, 0.1) is 29.3 Å². The van der Waals surface area contributed by atoms with E-state index < -0.39 is 0 Å². The van der Waals surface area contributed by atoms with E-state index in [1.807, 2.05) is 56.9 Å². The Labute approximate surface area is 171 Å². The molecule has 1 aliphatic rings. The Bertz CT molecular complexity index is 936. The summed E-state index contributed by atoms with van der Waals surface area (Å²) in [7, 11) is 1.38. The molecule has 1 atom stereocenters. The van der Waals surface area contributed by atoms with Crippen LogP contribution in [0.15, 0.2) is 30.3 Å². The lowest BCUT2D eigenvalue weighted by Crippen LogP contribution is -2.39. The van der Waals surface area contributed by atoms with Gasteiger partial charge in [0.15, 0.2) is 0 Å². The summed E-state index contributed by atoms with van der Waals surface area (Å²) in [6.45, 7) is 7.88. The Kier molecular flexibility index (Phi) is 5.80. The van der Waals surface area contributed by atoms with Gasteiger partial charge < -0.3 is 9.64 Å². The monoisotopic (exact) mass is 399 g/mol. The molecular formula is C23H26ClNO3. The number of halogens is 1. The molecule has 0 radical (unpaired) electrons. The molecule has 0 heterocycles. The van der Waals surface area contributed by atoms with Crippen LogP contribution in [-0.2, 0) is 11.2 Å². The fourth-order valence-corrected chi connectivity index (χ4v) is 4.36. The van der Waals surface area contributed by atoms with Crippen molar-refractivity contribution in [3.8, 4) is 0 Å². The smallest absolute Gasteiger partial charge is 0.338 e. The summed E-state index contributed by atoms with van der Waals surface area (Å²) >= 11 is 6.38. The second-order valence-corrected chi connectivity index (χ2v) is 8.11. The first kappa shape index (κ1) is 20.4. The molecule has 0 spiro atoms. The molecule has 0 saturated carbocycles. The molecule has 148 valence electrons. The van der Waals surface area contributed by atoms with E-state index in [1.165, 1.54) is 12.7 Å². The van der Waals surface area contributed by atoms with Gasteiger partial charge in [-0.05, 0) is 81.0 Å². The number of nitrogens with zero attached hydrogens (tertiary/aromatic N) is 1. The average molecular weight is 400 g/mol. The zero-order valence-electron chi connectivity index (χ0n) is 17.0. The summed E-state index contributed by atoms with van der Waals surface area (Å²) in [4.78, 5) is 27.5. The second kappa shape index (κ2) is 7.96. The molecule has 2 aromatic carbocycles. The summed E-state index contributed by atoms with van der Waals surface area (Å²) in [5.41, 5.74) is 5.18. The van der Waals surface area contributed by atoms with Crippen LogP contribution in [0.3, 0.4) is 0 Å². The molecule has 0 N–H and O–H groups in total. The van der Waals surface area contributed by atoms with Crippen molar-refractivity contribution in [2.45, 2.75) is 52.6 Å². The Morgan fingerprint density at radius 2 is 1.86 bits per heavy atom. The molecule has 1 aliphatic carbocycles. The minimum absolute atomic E-state index is 0.0105. The maximum atomic E-state index is 13.4. The maximum Gasteiger partial charge on any atom is 0.338 e. The van der Waals surface area contributed by atoms with Crippen molar-refractivity contribution >= 4 is 23.5 Å². The number of hydrogen-bond acceptors (Lipinski definition) is 3. The van der Waals surface area contributed by atoms with E-state index >= 15 is 0 Å². The third-order valence-electron chi connectivity index (χ3n) is 5.42. The molecule has 1 amide bonds. The number of hydrogen-bond donors (Lipinski definition) is 0. The van der Waals surface area contributed by atoms with E-state index in [9.17, 15) is 9.59 Å². The number of benzene rings is 2. The van der Waals surface area contributed by atoms with Crippen LogP contribution in [0.25, 0.3) is 0 Å². The van der Waals surface area contributed by atoms with E-state index in [-0.39, 0.29) is 24.0 Å². The van der Waals surface area contributed by atoms with Gasteiger partial charge in [-0.2, -0.15) is 0 Å². The highest BCUT2D eigenvalue weighted by Gasteiger charge is 2.35. The van der Waals surface area contributed by atoms with E-state index in [1.54, 1.807) is 6.07 Å². The zero-order valence-corrected chi connectivity index (χ0v) is 17.8. The third kappa shape index (κ3) is 3.66. The normalized spacial score (nSPS) is 15.5. The lowest BCUT2D eigenvalue weighted by atomic mass is 9.98. The highest BCUT2D eigenvalue weighted by molar-refractivity contribution is 6.33. The van der Waals surface area contributed by atoms with Crippen LogP contribution < -0.4 is 0 Å². The minimum atomic E-state index is -0.352. The number of carbonyl (C=O) groups is 2. The molecule has 5 heteroatoms. The lowest BCUT2D eigenvalue weighted by Gasteiger charge is -2.34.